The molecule has 2 heterocycles. The van der Waals surface area contributed by atoms with Crippen molar-refractivity contribution < 1.29 is 9.47 Å². The topological polar surface area (TPSA) is 47.7 Å². The van der Waals surface area contributed by atoms with Gasteiger partial charge < -0.3 is 20.1 Å². The van der Waals surface area contributed by atoms with Crippen molar-refractivity contribution in [1.29, 1.82) is 0 Å². The van der Waals surface area contributed by atoms with Gasteiger partial charge in [0.15, 0.2) is 5.79 Å². The molecular formula is C13H18N2O2. The lowest BCUT2D eigenvalue weighted by Gasteiger charge is -2.23. The largest absolute Gasteiger partial charge is 0.366 e. The lowest BCUT2D eigenvalue weighted by atomic mass is 10.2. The summed E-state index contributed by atoms with van der Waals surface area (Å²) in [4.78, 5) is 2.31. The van der Waals surface area contributed by atoms with Crippen LogP contribution in [0.15, 0.2) is 24.3 Å². The number of benzene rings is 1. The number of nitrogens with two attached hydrogens (primary N) is 1. The van der Waals surface area contributed by atoms with Crippen molar-refractivity contribution in [2.24, 2.45) is 5.73 Å². The van der Waals surface area contributed by atoms with Crippen LogP contribution >= 0.6 is 0 Å². The molecule has 0 unspecified atom stereocenters. The summed E-state index contributed by atoms with van der Waals surface area (Å²) in [6.07, 6.45) is 0.944. The minimum atomic E-state index is -0.348. The Hall–Kier alpha value is -1.10. The van der Waals surface area contributed by atoms with Crippen LogP contribution < -0.4 is 10.6 Å². The van der Waals surface area contributed by atoms with Gasteiger partial charge in [-0.25, -0.2) is 0 Å². The van der Waals surface area contributed by atoms with Gasteiger partial charge in [0.2, 0.25) is 0 Å². The third-order valence-electron chi connectivity index (χ3n) is 3.52. The highest BCUT2D eigenvalue weighted by Gasteiger charge is 2.43. The van der Waals surface area contributed by atoms with E-state index < -0.39 is 0 Å². The Morgan fingerprint density at radius 3 is 2.88 bits per heavy atom. The molecule has 1 aromatic carbocycles. The van der Waals surface area contributed by atoms with Gasteiger partial charge in [-0.2, -0.15) is 0 Å². The average Bonchev–Trinajstić information content (AvgIpc) is 3.01. The fourth-order valence-electron chi connectivity index (χ4n) is 2.59. The first-order chi connectivity index (χ1) is 8.31. The summed E-state index contributed by atoms with van der Waals surface area (Å²) in [7, 11) is 0. The fourth-order valence-corrected chi connectivity index (χ4v) is 2.59. The van der Waals surface area contributed by atoms with Crippen LogP contribution in [0.2, 0.25) is 0 Å². The number of ether oxygens (including phenoxy) is 2. The Morgan fingerprint density at radius 1 is 1.29 bits per heavy atom. The van der Waals surface area contributed by atoms with Crippen molar-refractivity contribution in [3.05, 3.63) is 29.8 Å². The van der Waals surface area contributed by atoms with Crippen LogP contribution in [0.5, 0.6) is 0 Å². The smallest absolute Gasteiger partial charge is 0.187 e. The van der Waals surface area contributed by atoms with Gasteiger partial charge in [0.25, 0.3) is 0 Å². The highest BCUT2D eigenvalue weighted by Crippen LogP contribution is 2.33. The minimum absolute atomic E-state index is 0.348. The molecule has 0 radical (unpaired) electrons. The van der Waals surface area contributed by atoms with Gasteiger partial charge in [-0.1, -0.05) is 12.1 Å². The monoisotopic (exact) mass is 234 g/mol. The molecule has 17 heavy (non-hydrogen) atoms. The third kappa shape index (κ3) is 2.04. The third-order valence-corrected chi connectivity index (χ3v) is 3.52. The Morgan fingerprint density at radius 2 is 2.12 bits per heavy atom. The van der Waals surface area contributed by atoms with Gasteiger partial charge in [0.05, 0.1) is 19.8 Å². The molecule has 2 aliphatic heterocycles. The number of nitrogens with zero attached hydrogens (tertiary/aromatic N) is 1. The molecule has 1 aromatic rings. The van der Waals surface area contributed by atoms with Crippen LogP contribution in [0, 0.1) is 0 Å². The zero-order valence-electron chi connectivity index (χ0n) is 9.89. The van der Waals surface area contributed by atoms with Crippen molar-refractivity contribution >= 4 is 5.69 Å². The van der Waals surface area contributed by atoms with E-state index in [0.717, 1.165) is 38.3 Å². The van der Waals surface area contributed by atoms with Crippen LogP contribution in [0.1, 0.15) is 12.0 Å². The lowest BCUT2D eigenvalue weighted by Crippen LogP contribution is -2.34. The normalized spacial score (nSPS) is 22.5. The van der Waals surface area contributed by atoms with E-state index in [1.165, 1.54) is 5.69 Å². The molecule has 0 atom stereocenters. The molecule has 0 aromatic heterocycles. The summed E-state index contributed by atoms with van der Waals surface area (Å²) in [5, 5.41) is 0. The van der Waals surface area contributed by atoms with Crippen molar-refractivity contribution in [2.45, 2.75) is 18.8 Å². The second-order valence-electron chi connectivity index (χ2n) is 4.65. The molecule has 4 nitrogen and oxygen atoms in total. The van der Waals surface area contributed by atoms with E-state index in [9.17, 15) is 0 Å². The van der Waals surface area contributed by atoms with Crippen LogP contribution in [-0.2, 0) is 16.0 Å². The quantitative estimate of drug-likeness (QED) is 0.832. The number of anilines is 1. The molecule has 2 N–H and O–H groups in total. The summed E-state index contributed by atoms with van der Waals surface area (Å²) in [6, 6.07) is 8.37. The van der Waals surface area contributed by atoms with E-state index in [1.54, 1.807) is 0 Å². The van der Waals surface area contributed by atoms with Crippen molar-refractivity contribution in [3.8, 4) is 0 Å². The molecule has 2 fully saturated rings. The van der Waals surface area contributed by atoms with Gasteiger partial charge in [0.1, 0.15) is 0 Å². The first-order valence-electron chi connectivity index (χ1n) is 6.13. The summed E-state index contributed by atoms with van der Waals surface area (Å²) >= 11 is 0. The maximum absolute atomic E-state index is 5.72. The molecule has 3 rings (SSSR count). The van der Waals surface area contributed by atoms with Gasteiger partial charge >= 0.3 is 0 Å². The fraction of sp³-hybridized carbons (Fsp3) is 0.538. The molecule has 92 valence electrons. The molecule has 0 bridgehead atoms. The highest BCUT2D eigenvalue weighted by molar-refractivity contribution is 5.50. The Kier molecular flexibility index (Phi) is 2.78. The van der Waals surface area contributed by atoms with Gasteiger partial charge in [0, 0.05) is 25.2 Å². The first kappa shape index (κ1) is 11.0. The Balaban J connectivity index is 1.77. The predicted molar refractivity (Wildman–Crippen MR) is 65.8 cm³/mol. The van der Waals surface area contributed by atoms with Gasteiger partial charge in [-0.15, -0.1) is 0 Å². The summed E-state index contributed by atoms with van der Waals surface area (Å²) in [5.74, 6) is -0.348. The summed E-state index contributed by atoms with van der Waals surface area (Å²) < 4.78 is 11.4. The van der Waals surface area contributed by atoms with Crippen molar-refractivity contribution in [2.75, 3.05) is 31.2 Å². The van der Waals surface area contributed by atoms with E-state index in [4.69, 9.17) is 15.2 Å². The van der Waals surface area contributed by atoms with E-state index in [-0.39, 0.29) is 5.79 Å². The van der Waals surface area contributed by atoms with Crippen molar-refractivity contribution in [3.63, 3.8) is 0 Å². The molecule has 0 saturated carbocycles. The molecular weight excluding hydrogens is 216 g/mol. The van der Waals surface area contributed by atoms with Crippen LogP contribution in [0.3, 0.4) is 0 Å². The first-order valence-corrected chi connectivity index (χ1v) is 6.13. The molecule has 4 heteroatoms. The summed E-state index contributed by atoms with van der Waals surface area (Å²) in [6.45, 7) is 3.82. The Labute approximate surface area is 101 Å². The lowest BCUT2D eigenvalue weighted by molar-refractivity contribution is -0.137. The van der Waals surface area contributed by atoms with Gasteiger partial charge in [-0.3, -0.25) is 0 Å². The molecule has 2 saturated heterocycles. The maximum Gasteiger partial charge on any atom is 0.187 e. The molecule has 2 aliphatic rings. The second kappa shape index (κ2) is 4.29. The molecule has 1 spiro atoms. The number of hydrogen-bond acceptors (Lipinski definition) is 4. The van der Waals surface area contributed by atoms with Crippen molar-refractivity contribution in [1.82, 2.24) is 0 Å². The van der Waals surface area contributed by atoms with E-state index in [2.05, 4.69) is 29.2 Å². The van der Waals surface area contributed by atoms with Gasteiger partial charge in [-0.05, 0) is 17.7 Å². The van der Waals surface area contributed by atoms with E-state index >= 15 is 0 Å². The maximum atomic E-state index is 5.72. The van der Waals surface area contributed by atoms with E-state index in [1.807, 2.05) is 0 Å². The van der Waals surface area contributed by atoms with Crippen LogP contribution in [-0.4, -0.2) is 32.1 Å². The minimum Gasteiger partial charge on any atom is -0.366 e. The standard InChI is InChI=1S/C13H18N2O2/c14-9-11-2-1-3-12(8-11)15-5-4-13(10-15)16-6-7-17-13/h1-3,8H,4-7,9-10,14H2. The zero-order chi connectivity index (χ0) is 11.7. The highest BCUT2D eigenvalue weighted by atomic mass is 16.7. The zero-order valence-corrected chi connectivity index (χ0v) is 9.89. The predicted octanol–water partition coefficient (Wildman–Crippen LogP) is 1.10. The number of hydrogen-bond donors (Lipinski definition) is 1. The molecule has 0 aliphatic carbocycles. The van der Waals surface area contributed by atoms with Crippen LogP contribution in [0.4, 0.5) is 5.69 Å². The SMILES string of the molecule is NCc1cccc(N2CCC3(C2)OCCO3)c1. The number of rotatable bonds is 2. The average molecular weight is 234 g/mol. The van der Waals surface area contributed by atoms with Crippen LogP contribution in [0.25, 0.3) is 0 Å². The molecule has 0 amide bonds. The van der Waals surface area contributed by atoms with E-state index in [0.29, 0.717) is 6.54 Å². The Bertz CT molecular complexity index is 402. The second-order valence-corrected chi connectivity index (χ2v) is 4.65. The summed E-state index contributed by atoms with van der Waals surface area (Å²) in [5.41, 5.74) is 8.04.